The molecule has 0 aliphatic carbocycles. The molecule has 2 aromatic rings. The van der Waals surface area contributed by atoms with Crippen LogP contribution in [0.15, 0.2) is 60.7 Å². The lowest BCUT2D eigenvalue weighted by molar-refractivity contribution is -0.384. The number of hydrogen-bond acceptors (Lipinski definition) is 10. The number of imide groups is 1. The molecule has 0 aromatic heterocycles. The van der Waals surface area contributed by atoms with Crippen molar-refractivity contribution in [3.8, 4) is 5.75 Å². The average Bonchev–Trinajstić information content (AvgIpc) is 3.37. The zero-order valence-electron chi connectivity index (χ0n) is 27.3. The molecule has 1 heterocycles. The summed E-state index contributed by atoms with van der Waals surface area (Å²) in [5, 5.41) is 18.5. The molecule has 48 heavy (non-hydrogen) atoms. The first-order valence-electron chi connectivity index (χ1n) is 15.3. The second kappa shape index (κ2) is 19.8. The molecule has 3 N–H and O–H groups in total. The summed E-state index contributed by atoms with van der Waals surface area (Å²) in [6.07, 6.45) is 4.93. The summed E-state index contributed by atoms with van der Waals surface area (Å²) in [5.41, 5.74) is 1.05. The smallest absolute Gasteiger partial charge is 0.429 e. The maximum absolute atomic E-state index is 11.8. The zero-order valence-corrected chi connectivity index (χ0v) is 27.3. The van der Waals surface area contributed by atoms with Crippen LogP contribution in [-0.2, 0) is 35.3 Å². The molecule has 0 bridgehead atoms. The van der Waals surface area contributed by atoms with Crippen LogP contribution in [0, 0.1) is 16.0 Å². The van der Waals surface area contributed by atoms with Crippen molar-refractivity contribution in [1.29, 1.82) is 0 Å². The predicted octanol–water partition coefficient (Wildman–Crippen LogP) is 4.02. The molecule has 5 amide bonds. The average molecular weight is 668 g/mol. The normalized spacial score (nSPS) is 13.1. The number of anilines is 1. The summed E-state index contributed by atoms with van der Waals surface area (Å²) in [5.74, 6) is -0.230. The van der Waals surface area contributed by atoms with E-state index in [9.17, 15) is 38.9 Å². The number of nitrogens with zero attached hydrogens (tertiary/aromatic N) is 2. The van der Waals surface area contributed by atoms with Crippen molar-refractivity contribution in [1.82, 2.24) is 15.5 Å². The molecule has 0 saturated carbocycles. The number of unbranched alkanes of at least 4 members (excludes halogenated alkanes) is 2. The first-order valence-corrected chi connectivity index (χ1v) is 15.3. The second-order valence-electron chi connectivity index (χ2n) is 11.2. The van der Waals surface area contributed by atoms with Crippen molar-refractivity contribution in [2.45, 2.75) is 72.1 Å². The monoisotopic (exact) mass is 667 g/mol. The summed E-state index contributed by atoms with van der Waals surface area (Å²) in [7, 11) is 0. The maximum Gasteiger partial charge on any atom is 0.514 e. The fraction of sp³-hybridized carbons (Fsp3) is 0.394. The Morgan fingerprint density at radius 1 is 0.917 bits per heavy atom. The highest BCUT2D eigenvalue weighted by atomic mass is 16.7. The highest BCUT2D eigenvalue weighted by Crippen LogP contribution is 2.18. The third kappa shape index (κ3) is 13.8. The highest BCUT2D eigenvalue weighted by Gasteiger charge is 2.22. The van der Waals surface area contributed by atoms with Crippen molar-refractivity contribution >= 4 is 47.6 Å². The Morgan fingerprint density at radius 3 is 2.10 bits per heavy atom. The Kier molecular flexibility index (Phi) is 15.9. The minimum Gasteiger partial charge on any atom is -0.429 e. The van der Waals surface area contributed by atoms with E-state index in [-0.39, 0.29) is 47.7 Å². The number of nitro groups is 1. The van der Waals surface area contributed by atoms with Gasteiger partial charge in [0.2, 0.25) is 18.2 Å². The van der Waals surface area contributed by atoms with E-state index in [2.05, 4.69) is 29.8 Å². The van der Waals surface area contributed by atoms with Crippen molar-refractivity contribution < 1.29 is 43.2 Å². The molecule has 0 saturated heterocycles. The van der Waals surface area contributed by atoms with Gasteiger partial charge in [0, 0.05) is 49.0 Å². The number of non-ortho nitro benzene ring substituents is 1. The molecular weight excluding hydrogens is 626 g/mol. The summed E-state index contributed by atoms with van der Waals surface area (Å²) in [6, 6.07) is 11.0. The second-order valence-corrected chi connectivity index (χ2v) is 11.2. The lowest BCUT2D eigenvalue weighted by Crippen LogP contribution is -2.37. The number of carbonyl (C=O) groups excluding carboxylic acids is 6. The van der Waals surface area contributed by atoms with Crippen LogP contribution in [0.4, 0.5) is 16.2 Å². The summed E-state index contributed by atoms with van der Waals surface area (Å²) in [4.78, 5) is 79.3. The fourth-order valence-electron chi connectivity index (χ4n) is 3.89. The lowest BCUT2D eigenvalue weighted by atomic mass is 10.1. The van der Waals surface area contributed by atoms with Gasteiger partial charge in [-0.3, -0.25) is 39.0 Å². The lowest BCUT2D eigenvalue weighted by Gasteiger charge is -2.17. The Morgan fingerprint density at radius 2 is 1.54 bits per heavy atom. The Bertz CT molecular complexity index is 1440. The van der Waals surface area contributed by atoms with Gasteiger partial charge in [0.05, 0.1) is 4.92 Å². The van der Waals surface area contributed by atoms with E-state index in [1.807, 2.05) is 6.92 Å². The molecule has 15 heteroatoms. The zero-order chi connectivity index (χ0) is 35.6. The van der Waals surface area contributed by atoms with E-state index < -0.39 is 17.1 Å². The van der Waals surface area contributed by atoms with E-state index in [1.54, 1.807) is 31.2 Å². The Balaban J connectivity index is 0.000000353. The third-order valence-electron chi connectivity index (χ3n) is 7.11. The van der Waals surface area contributed by atoms with Crippen LogP contribution in [0.25, 0.3) is 0 Å². The number of ether oxygens (including phenoxy) is 2. The van der Waals surface area contributed by atoms with Gasteiger partial charge in [-0.1, -0.05) is 32.4 Å². The van der Waals surface area contributed by atoms with Gasteiger partial charge in [0.25, 0.3) is 17.5 Å². The van der Waals surface area contributed by atoms with E-state index in [0.717, 1.165) is 19.3 Å². The van der Waals surface area contributed by atoms with Crippen LogP contribution in [0.1, 0.15) is 58.9 Å². The van der Waals surface area contributed by atoms with Gasteiger partial charge < -0.3 is 25.4 Å². The number of carbonyl (C=O) groups is 6. The molecule has 1 unspecified atom stereocenters. The predicted molar refractivity (Wildman–Crippen MR) is 174 cm³/mol. The topological polar surface area (TPSA) is 203 Å². The van der Waals surface area contributed by atoms with Gasteiger partial charge in [0.15, 0.2) is 0 Å². The fourth-order valence-corrected chi connectivity index (χ4v) is 3.89. The SMILES string of the molecule is CC(C)C(C)NC(=O)CCCCCN1C(=O)C=CC1=O.C[C@H](NC=O)C(=O)Nc1ccc(COC(=O)Oc2ccc([N+](=O)[O-])cc2)cc1. The molecule has 0 spiro atoms. The van der Waals surface area contributed by atoms with Gasteiger partial charge in [0.1, 0.15) is 18.4 Å². The number of hydrogen-bond donors (Lipinski definition) is 3. The largest absolute Gasteiger partial charge is 0.514 e. The van der Waals surface area contributed by atoms with Crippen LogP contribution in [0.3, 0.4) is 0 Å². The molecule has 0 radical (unpaired) electrons. The molecule has 0 fully saturated rings. The summed E-state index contributed by atoms with van der Waals surface area (Å²) in [6.45, 7) is 8.06. The molecule has 1 aliphatic rings. The van der Waals surface area contributed by atoms with Gasteiger partial charge in [-0.25, -0.2) is 4.79 Å². The van der Waals surface area contributed by atoms with Crippen LogP contribution in [-0.4, -0.2) is 64.6 Å². The van der Waals surface area contributed by atoms with Crippen molar-refractivity contribution in [3.05, 3.63) is 76.4 Å². The minimum absolute atomic E-state index is 0.0663. The molecule has 1 aliphatic heterocycles. The molecule has 15 nitrogen and oxygen atoms in total. The quantitative estimate of drug-likeness (QED) is 0.0446. The Hall–Kier alpha value is -5.60. The Labute approximate surface area is 278 Å². The number of rotatable bonds is 16. The van der Waals surface area contributed by atoms with E-state index in [0.29, 0.717) is 36.5 Å². The summed E-state index contributed by atoms with van der Waals surface area (Å²) < 4.78 is 9.89. The minimum atomic E-state index is -0.958. The number of nitro benzene ring substituents is 1. The molecule has 2 atom stereocenters. The van der Waals surface area contributed by atoms with Gasteiger partial charge in [-0.15, -0.1) is 0 Å². The summed E-state index contributed by atoms with van der Waals surface area (Å²) >= 11 is 0. The van der Waals surface area contributed by atoms with Crippen LogP contribution in [0.2, 0.25) is 0 Å². The van der Waals surface area contributed by atoms with Crippen molar-refractivity contribution in [2.24, 2.45) is 5.92 Å². The highest BCUT2D eigenvalue weighted by molar-refractivity contribution is 6.12. The first-order chi connectivity index (χ1) is 22.8. The number of benzene rings is 2. The maximum atomic E-state index is 11.8. The number of nitrogens with one attached hydrogen (secondary N) is 3. The molecular formula is C33H41N5O10. The van der Waals surface area contributed by atoms with E-state index in [4.69, 9.17) is 9.47 Å². The van der Waals surface area contributed by atoms with Crippen LogP contribution >= 0.6 is 0 Å². The molecule has 258 valence electrons. The van der Waals surface area contributed by atoms with Crippen molar-refractivity contribution in [2.75, 3.05) is 11.9 Å². The van der Waals surface area contributed by atoms with Crippen molar-refractivity contribution in [3.63, 3.8) is 0 Å². The van der Waals surface area contributed by atoms with Gasteiger partial charge in [-0.2, -0.15) is 0 Å². The van der Waals surface area contributed by atoms with Crippen LogP contribution < -0.4 is 20.7 Å². The standard InChI is InChI=1S/C18H17N3O7.C15H24N2O3/c1-12(19-11-22)17(23)20-14-4-2-13(3-5-14)10-27-18(24)28-16-8-6-15(7-9-16)21(25)26;1-11(2)12(3)16-13(18)7-5-4-6-10-17-14(19)8-9-15(17)20/h2-9,11-12H,10H2,1H3,(H,19,22)(H,20,23);8-9,11-12H,4-7,10H2,1-3H3,(H,16,18)/t12-;/m0./s1. The van der Waals surface area contributed by atoms with Crippen LogP contribution in [0.5, 0.6) is 5.75 Å². The van der Waals surface area contributed by atoms with E-state index >= 15 is 0 Å². The molecule has 3 rings (SSSR count). The van der Waals surface area contributed by atoms with Gasteiger partial charge >= 0.3 is 6.16 Å². The number of amides is 5. The molecule has 2 aromatic carbocycles. The third-order valence-corrected chi connectivity index (χ3v) is 7.11. The van der Waals surface area contributed by atoms with E-state index in [1.165, 1.54) is 41.3 Å². The van der Waals surface area contributed by atoms with Gasteiger partial charge in [-0.05, 0) is 62.4 Å². The first kappa shape index (κ1) is 38.6.